The number of alkyl halides is 1. The topological polar surface area (TPSA) is 18.5 Å². The number of hydrogen-bond donors (Lipinski definition) is 0. The van der Waals surface area contributed by atoms with E-state index in [-0.39, 0.29) is 0 Å². The van der Waals surface area contributed by atoms with E-state index < -0.39 is 5.38 Å². The van der Waals surface area contributed by atoms with Crippen molar-refractivity contribution in [1.82, 2.24) is 0 Å². The predicted octanol–water partition coefficient (Wildman–Crippen LogP) is 5.86. The van der Waals surface area contributed by atoms with Gasteiger partial charge in [0, 0.05) is 20.6 Å². The van der Waals surface area contributed by atoms with Crippen molar-refractivity contribution in [2.75, 3.05) is 13.2 Å². The van der Waals surface area contributed by atoms with Crippen LogP contribution in [0.5, 0.6) is 11.5 Å². The van der Waals surface area contributed by atoms with E-state index in [0.717, 1.165) is 15.6 Å². The molecule has 3 rings (SSSR count). The molecule has 0 saturated carbocycles. The first-order valence-electron chi connectivity index (χ1n) is 6.24. The third kappa shape index (κ3) is 3.11. The summed E-state index contributed by atoms with van der Waals surface area (Å²) in [5.41, 5.74) is 1.53. The summed E-state index contributed by atoms with van der Waals surface area (Å²) in [7, 11) is 0. The normalized spacial score (nSPS) is 14.9. The molecule has 0 saturated heterocycles. The molecule has 0 fully saturated rings. The molecular weight excluding hydrogens is 398 g/mol. The Morgan fingerprint density at radius 2 is 1.52 bits per heavy atom. The Bertz CT molecular complexity index is 691. The molecular formula is C15H10BrCl3O2. The number of fused-ring (bicyclic) bond motifs is 1. The fraction of sp³-hybridized carbons (Fsp3) is 0.200. The third-order valence-corrected chi connectivity index (χ3v) is 4.79. The van der Waals surface area contributed by atoms with E-state index in [1.807, 2.05) is 18.2 Å². The summed E-state index contributed by atoms with van der Waals surface area (Å²) in [6, 6.07) is 9.11. The van der Waals surface area contributed by atoms with Crippen molar-refractivity contribution < 1.29 is 9.47 Å². The van der Waals surface area contributed by atoms with E-state index in [2.05, 4.69) is 15.9 Å². The smallest absolute Gasteiger partial charge is 0.162 e. The monoisotopic (exact) mass is 406 g/mol. The summed E-state index contributed by atoms with van der Waals surface area (Å²) in [5, 5.41) is 0.641. The van der Waals surface area contributed by atoms with Crippen LogP contribution in [-0.4, -0.2) is 13.2 Å². The molecule has 6 heteroatoms. The molecule has 0 radical (unpaired) electrons. The van der Waals surface area contributed by atoms with E-state index >= 15 is 0 Å². The van der Waals surface area contributed by atoms with Gasteiger partial charge < -0.3 is 9.47 Å². The zero-order valence-electron chi connectivity index (χ0n) is 10.7. The first-order valence-corrected chi connectivity index (χ1v) is 8.23. The van der Waals surface area contributed by atoms with Gasteiger partial charge in [-0.05, 0) is 29.3 Å². The minimum atomic E-state index is -0.464. The molecule has 2 nitrogen and oxygen atoms in total. The maximum Gasteiger partial charge on any atom is 0.162 e. The Hall–Kier alpha value is -0.610. The molecule has 0 aliphatic carbocycles. The second kappa shape index (κ2) is 6.25. The van der Waals surface area contributed by atoms with Gasteiger partial charge in [0.05, 0.1) is 5.38 Å². The van der Waals surface area contributed by atoms with Crippen LogP contribution in [0.25, 0.3) is 0 Å². The second-order valence-electron chi connectivity index (χ2n) is 4.55. The Morgan fingerprint density at radius 3 is 2.19 bits per heavy atom. The van der Waals surface area contributed by atoms with Crippen molar-refractivity contribution in [2.45, 2.75) is 5.38 Å². The first-order chi connectivity index (χ1) is 10.1. The lowest BCUT2D eigenvalue weighted by molar-refractivity contribution is 0.171. The Kier molecular flexibility index (Phi) is 4.55. The van der Waals surface area contributed by atoms with Crippen LogP contribution in [0.2, 0.25) is 10.0 Å². The molecule has 21 heavy (non-hydrogen) atoms. The van der Waals surface area contributed by atoms with Crippen molar-refractivity contribution in [2.24, 2.45) is 0 Å². The van der Waals surface area contributed by atoms with Gasteiger partial charge in [0.2, 0.25) is 0 Å². The van der Waals surface area contributed by atoms with Crippen LogP contribution < -0.4 is 9.47 Å². The highest BCUT2D eigenvalue weighted by Gasteiger charge is 2.22. The van der Waals surface area contributed by atoms with Crippen LogP contribution in [0.15, 0.2) is 34.8 Å². The number of benzene rings is 2. The summed E-state index contributed by atoms with van der Waals surface area (Å²) in [6.45, 7) is 1.03. The van der Waals surface area contributed by atoms with Gasteiger partial charge in [0.25, 0.3) is 0 Å². The molecule has 2 aromatic carbocycles. The molecule has 2 aromatic rings. The summed E-state index contributed by atoms with van der Waals surface area (Å²) >= 11 is 22.5. The lowest BCUT2D eigenvalue weighted by Crippen LogP contribution is -2.15. The molecule has 1 unspecified atom stereocenters. The number of halogens is 4. The molecule has 0 amide bonds. The molecule has 1 aliphatic rings. The van der Waals surface area contributed by atoms with Gasteiger partial charge in [0.15, 0.2) is 11.5 Å². The maximum atomic E-state index is 6.56. The summed E-state index contributed by atoms with van der Waals surface area (Å²) in [4.78, 5) is 0. The van der Waals surface area contributed by atoms with Crippen LogP contribution in [0.1, 0.15) is 16.5 Å². The molecule has 110 valence electrons. The Morgan fingerprint density at radius 1 is 0.905 bits per heavy atom. The molecule has 1 heterocycles. The number of ether oxygens (including phenoxy) is 2. The third-order valence-electron chi connectivity index (χ3n) is 3.17. The van der Waals surface area contributed by atoms with Crippen molar-refractivity contribution in [1.29, 1.82) is 0 Å². The van der Waals surface area contributed by atoms with Crippen LogP contribution in [0, 0.1) is 0 Å². The highest BCUT2D eigenvalue weighted by molar-refractivity contribution is 9.10. The van der Waals surface area contributed by atoms with Gasteiger partial charge in [0.1, 0.15) is 13.2 Å². The van der Waals surface area contributed by atoms with E-state index in [4.69, 9.17) is 44.3 Å². The number of rotatable bonds is 2. The van der Waals surface area contributed by atoms with Crippen molar-refractivity contribution in [3.63, 3.8) is 0 Å². The highest BCUT2D eigenvalue weighted by atomic mass is 79.9. The van der Waals surface area contributed by atoms with Gasteiger partial charge in [-0.3, -0.25) is 0 Å². The standard InChI is InChI=1S/C15H10BrCl3O2/c16-8-1-2-9(11(17)5-8)15(19)10-6-13-14(7-12(10)18)21-4-3-20-13/h1-2,5-7,15H,3-4H2. The van der Waals surface area contributed by atoms with Gasteiger partial charge >= 0.3 is 0 Å². The Balaban J connectivity index is 2.03. The first kappa shape index (κ1) is 15.3. The lowest BCUT2D eigenvalue weighted by Gasteiger charge is -2.21. The minimum absolute atomic E-state index is 0.464. The van der Waals surface area contributed by atoms with Gasteiger partial charge in [-0.2, -0.15) is 0 Å². The molecule has 0 N–H and O–H groups in total. The van der Waals surface area contributed by atoms with Gasteiger partial charge in [-0.1, -0.05) is 45.2 Å². The maximum absolute atomic E-state index is 6.56. The average molecular weight is 409 g/mol. The average Bonchev–Trinajstić information content (AvgIpc) is 2.46. The van der Waals surface area contributed by atoms with Crippen LogP contribution in [0.3, 0.4) is 0 Å². The Labute approximate surface area is 146 Å². The van der Waals surface area contributed by atoms with Crippen LogP contribution >= 0.6 is 50.7 Å². The molecule has 0 bridgehead atoms. The summed E-state index contributed by atoms with van der Waals surface area (Å²) in [6.07, 6.45) is 0. The second-order valence-corrected chi connectivity index (χ2v) is 6.71. The van der Waals surface area contributed by atoms with Crippen molar-refractivity contribution >= 4 is 50.7 Å². The van der Waals surface area contributed by atoms with Crippen LogP contribution in [0.4, 0.5) is 0 Å². The van der Waals surface area contributed by atoms with Gasteiger partial charge in [-0.15, -0.1) is 11.6 Å². The fourth-order valence-electron chi connectivity index (χ4n) is 2.15. The zero-order chi connectivity index (χ0) is 15.0. The zero-order valence-corrected chi connectivity index (χ0v) is 14.6. The minimum Gasteiger partial charge on any atom is -0.486 e. The predicted molar refractivity (Wildman–Crippen MR) is 89.3 cm³/mol. The molecule has 0 spiro atoms. The van der Waals surface area contributed by atoms with E-state index in [0.29, 0.717) is 34.8 Å². The lowest BCUT2D eigenvalue weighted by atomic mass is 10.0. The van der Waals surface area contributed by atoms with Gasteiger partial charge in [-0.25, -0.2) is 0 Å². The fourth-order valence-corrected chi connectivity index (χ4v) is 3.68. The summed E-state index contributed by atoms with van der Waals surface area (Å²) in [5.74, 6) is 1.29. The van der Waals surface area contributed by atoms with E-state index in [1.165, 1.54) is 0 Å². The number of hydrogen-bond acceptors (Lipinski definition) is 2. The quantitative estimate of drug-likeness (QED) is 0.580. The molecule has 1 aliphatic heterocycles. The summed E-state index contributed by atoms with van der Waals surface area (Å²) < 4.78 is 12.0. The van der Waals surface area contributed by atoms with E-state index in [9.17, 15) is 0 Å². The van der Waals surface area contributed by atoms with Crippen molar-refractivity contribution in [3.05, 3.63) is 56.0 Å². The highest BCUT2D eigenvalue weighted by Crippen LogP contribution is 2.43. The molecule has 1 atom stereocenters. The van der Waals surface area contributed by atoms with Crippen LogP contribution in [-0.2, 0) is 0 Å². The van der Waals surface area contributed by atoms with E-state index in [1.54, 1.807) is 12.1 Å². The largest absolute Gasteiger partial charge is 0.486 e. The SMILES string of the molecule is Clc1cc(Br)ccc1C(Cl)c1cc2c(cc1Cl)OCCO2. The molecule has 0 aromatic heterocycles. The van der Waals surface area contributed by atoms with Crippen molar-refractivity contribution in [3.8, 4) is 11.5 Å².